The van der Waals surface area contributed by atoms with Gasteiger partial charge in [0, 0.05) is 24.1 Å². The highest BCUT2D eigenvalue weighted by Crippen LogP contribution is 2.29. The maximum absolute atomic E-state index is 10.7. The molecule has 6 heteroatoms. The highest BCUT2D eigenvalue weighted by atomic mass is 35.5. The molecule has 0 saturated carbocycles. The Balaban J connectivity index is 2.87. The molecule has 0 heterocycles. The van der Waals surface area contributed by atoms with Crippen LogP contribution in [0.2, 0.25) is 5.02 Å². The quantitative estimate of drug-likeness (QED) is 0.492. The van der Waals surface area contributed by atoms with Gasteiger partial charge in [0.05, 0.1) is 15.5 Å². The summed E-state index contributed by atoms with van der Waals surface area (Å²) in [7, 11) is 0. The summed E-state index contributed by atoms with van der Waals surface area (Å²) in [5, 5.41) is 11.2. The summed E-state index contributed by atoms with van der Waals surface area (Å²) in [4.78, 5) is 10.3. The third-order valence-corrected chi connectivity index (χ3v) is 3.17. The van der Waals surface area contributed by atoms with Crippen LogP contribution in [0, 0.1) is 10.1 Å². The number of nitrogens with two attached hydrogens (primary N) is 1. The smallest absolute Gasteiger partial charge is 0.274 e. The van der Waals surface area contributed by atoms with Crippen molar-refractivity contribution >= 4 is 29.1 Å². The van der Waals surface area contributed by atoms with Gasteiger partial charge in [-0.25, -0.2) is 0 Å². The van der Waals surface area contributed by atoms with Crippen LogP contribution in [-0.4, -0.2) is 17.2 Å². The van der Waals surface area contributed by atoms with Crippen molar-refractivity contribution in [3.05, 3.63) is 38.9 Å². The Morgan fingerprint density at radius 2 is 2.27 bits per heavy atom. The minimum atomic E-state index is -0.412. The van der Waals surface area contributed by atoms with E-state index >= 15 is 0 Å². The van der Waals surface area contributed by atoms with Crippen molar-refractivity contribution < 1.29 is 4.92 Å². The zero-order valence-electron chi connectivity index (χ0n) is 7.98. The zero-order valence-corrected chi connectivity index (χ0v) is 9.55. The number of nitro groups is 1. The molecule has 1 aromatic rings. The van der Waals surface area contributed by atoms with Gasteiger partial charge in [-0.15, -0.1) is 0 Å². The van der Waals surface area contributed by atoms with Crippen LogP contribution >= 0.6 is 23.4 Å². The maximum atomic E-state index is 10.7. The molecule has 0 bridgehead atoms. The van der Waals surface area contributed by atoms with E-state index in [2.05, 4.69) is 0 Å². The molecule has 0 amide bonds. The molecule has 0 atom stereocenters. The first kappa shape index (κ1) is 12.3. The van der Waals surface area contributed by atoms with E-state index < -0.39 is 4.92 Å². The number of nitro benzene ring substituents is 1. The van der Waals surface area contributed by atoms with Crippen LogP contribution in [-0.2, 0) is 5.75 Å². The van der Waals surface area contributed by atoms with E-state index in [1.165, 1.54) is 17.8 Å². The molecule has 0 fully saturated rings. The molecule has 0 aromatic heterocycles. The molecule has 0 radical (unpaired) electrons. The molecule has 0 spiro atoms. The number of rotatable bonds is 5. The predicted molar refractivity (Wildman–Crippen MR) is 63.3 cm³/mol. The van der Waals surface area contributed by atoms with Crippen LogP contribution in [0.1, 0.15) is 5.56 Å². The van der Waals surface area contributed by atoms with Crippen molar-refractivity contribution in [2.75, 3.05) is 12.3 Å². The normalized spacial score (nSPS) is 10.3. The van der Waals surface area contributed by atoms with Gasteiger partial charge in [-0.1, -0.05) is 17.7 Å². The van der Waals surface area contributed by atoms with Crippen molar-refractivity contribution in [2.45, 2.75) is 5.75 Å². The zero-order chi connectivity index (χ0) is 11.3. The monoisotopic (exact) mass is 246 g/mol. The molecule has 0 aliphatic rings. The fourth-order valence-electron chi connectivity index (χ4n) is 1.12. The van der Waals surface area contributed by atoms with Gasteiger partial charge in [-0.3, -0.25) is 10.1 Å². The van der Waals surface area contributed by atoms with E-state index in [-0.39, 0.29) is 5.69 Å². The van der Waals surface area contributed by atoms with Crippen LogP contribution in [0.15, 0.2) is 18.2 Å². The van der Waals surface area contributed by atoms with Crippen LogP contribution in [0.5, 0.6) is 0 Å². The van der Waals surface area contributed by atoms with Crippen molar-refractivity contribution in [3.63, 3.8) is 0 Å². The highest BCUT2D eigenvalue weighted by Gasteiger charge is 2.15. The Morgan fingerprint density at radius 3 is 2.87 bits per heavy atom. The molecular formula is C9H11ClN2O2S. The van der Waals surface area contributed by atoms with E-state index in [1.54, 1.807) is 12.1 Å². The topological polar surface area (TPSA) is 69.2 Å². The molecule has 1 aromatic carbocycles. The van der Waals surface area contributed by atoms with Crippen LogP contribution in [0.4, 0.5) is 5.69 Å². The Kier molecular flexibility index (Phi) is 4.87. The second-order valence-electron chi connectivity index (χ2n) is 2.84. The van der Waals surface area contributed by atoms with E-state index in [1.807, 2.05) is 0 Å². The lowest BCUT2D eigenvalue weighted by atomic mass is 10.2. The van der Waals surface area contributed by atoms with Gasteiger partial charge in [-0.2, -0.15) is 11.8 Å². The average molecular weight is 247 g/mol. The molecule has 0 unspecified atom stereocenters. The predicted octanol–water partition coefficient (Wildman–Crippen LogP) is 2.44. The molecule has 82 valence electrons. The SMILES string of the molecule is NCCSCc1c(Cl)cccc1[N+](=O)[O-]. The van der Waals surface area contributed by atoms with Crippen LogP contribution < -0.4 is 5.73 Å². The van der Waals surface area contributed by atoms with Gasteiger partial charge in [0.15, 0.2) is 0 Å². The van der Waals surface area contributed by atoms with Crippen LogP contribution in [0.25, 0.3) is 0 Å². The molecule has 0 aliphatic heterocycles. The lowest BCUT2D eigenvalue weighted by Crippen LogP contribution is -2.02. The lowest BCUT2D eigenvalue weighted by molar-refractivity contribution is -0.385. The lowest BCUT2D eigenvalue weighted by Gasteiger charge is -2.04. The number of hydrogen-bond donors (Lipinski definition) is 1. The van der Waals surface area contributed by atoms with Gasteiger partial charge < -0.3 is 5.73 Å². The minimum Gasteiger partial charge on any atom is -0.330 e. The molecular weight excluding hydrogens is 236 g/mol. The fraction of sp³-hybridized carbons (Fsp3) is 0.333. The van der Waals surface area contributed by atoms with Gasteiger partial charge in [0.1, 0.15) is 0 Å². The first-order valence-electron chi connectivity index (χ1n) is 4.36. The molecule has 4 nitrogen and oxygen atoms in total. The maximum Gasteiger partial charge on any atom is 0.274 e. The molecule has 0 saturated heterocycles. The summed E-state index contributed by atoms with van der Waals surface area (Å²) in [6.07, 6.45) is 0. The van der Waals surface area contributed by atoms with Crippen molar-refractivity contribution in [3.8, 4) is 0 Å². The van der Waals surface area contributed by atoms with E-state index in [0.717, 1.165) is 5.75 Å². The highest BCUT2D eigenvalue weighted by molar-refractivity contribution is 7.98. The summed E-state index contributed by atoms with van der Waals surface area (Å²) in [5.74, 6) is 1.29. The number of thioether (sulfide) groups is 1. The summed E-state index contributed by atoms with van der Waals surface area (Å²) < 4.78 is 0. The second-order valence-corrected chi connectivity index (χ2v) is 4.35. The molecule has 1 rings (SSSR count). The third kappa shape index (κ3) is 3.37. The van der Waals surface area contributed by atoms with Gasteiger partial charge in [0.25, 0.3) is 5.69 Å². The number of nitrogens with zero attached hydrogens (tertiary/aromatic N) is 1. The van der Waals surface area contributed by atoms with E-state index in [0.29, 0.717) is 22.9 Å². The second kappa shape index (κ2) is 5.95. The van der Waals surface area contributed by atoms with Crippen molar-refractivity contribution in [1.82, 2.24) is 0 Å². The van der Waals surface area contributed by atoms with Crippen molar-refractivity contribution in [1.29, 1.82) is 0 Å². The number of benzene rings is 1. The minimum absolute atomic E-state index is 0.0759. The standard InChI is InChI=1S/C9H11ClN2O2S/c10-8-2-1-3-9(12(13)14)7(8)6-15-5-4-11/h1-3H,4-6,11H2. The number of hydrogen-bond acceptors (Lipinski definition) is 4. The molecule has 2 N–H and O–H groups in total. The molecule has 0 aliphatic carbocycles. The van der Waals surface area contributed by atoms with E-state index in [9.17, 15) is 10.1 Å². The largest absolute Gasteiger partial charge is 0.330 e. The first-order valence-corrected chi connectivity index (χ1v) is 5.89. The number of halogens is 1. The Bertz CT molecular complexity index is 360. The summed E-state index contributed by atoms with van der Waals surface area (Å²) in [6, 6.07) is 4.70. The Hall–Kier alpha value is -0.780. The fourth-order valence-corrected chi connectivity index (χ4v) is 2.25. The summed E-state index contributed by atoms with van der Waals surface area (Å²) in [5.41, 5.74) is 5.99. The summed E-state index contributed by atoms with van der Waals surface area (Å²) >= 11 is 7.44. The average Bonchev–Trinajstić information content (AvgIpc) is 2.20. The van der Waals surface area contributed by atoms with Gasteiger partial charge in [-0.05, 0) is 6.07 Å². The first-order chi connectivity index (χ1) is 7.16. The van der Waals surface area contributed by atoms with Crippen molar-refractivity contribution in [2.24, 2.45) is 5.73 Å². The van der Waals surface area contributed by atoms with Crippen LogP contribution in [0.3, 0.4) is 0 Å². The summed E-state index contributed by atoms with van der Waals surface area (Å²) in [6.45, 7) is 0.558. The third-order valence-electron chi connectivity index (χ3n) is 1.80. The van der Waals surface area contributed by atoms with Gasteiger partial charge in [0.2, 0.25) is 0 Å². The Morgan fingerprint density at radius 1 is 1.53 bits per heavy atom. The molecule has 15 heavy (non-hydrogen) atoms. The van der Waals surface area contributed by atoms with E-state index in [4.69, 9.17) is 17.3 Å². The van der Waals surface area contributed by atoms with Gasteiger partial charge >= 0.3 is 0 Å². The Labute approximate surface area is 96.9 Å².